The molecule has 28 heavy (non-hydrogen) atoms. The molecule has 1 atom stereocenters. The third kappa shape index (κ3) is 6.18. The third-order valence-corrected chi connectivity index (χ3v) is 8.32. The van der Waals surface area contributed by atoms with Gasteiger partial charge >= 0.3 is 0 Å². The Labute approximate surface area is 178 Å². The standard InChI is InChI=1S/C21H33BrN2O3S/c1-27-20-5-6-21(22)19(15-20)14-17-7-11-23(12-8-17)13-9-18-4-3-10-24(16-18)28(2,25)26/h5-6,15,17-18H,3-4,7-14,16H2,1-2H3. The van der Waals surface area contributed by atoms with E-state index in [0.29, 0.717) is 19.0 Å². The summed E-state index contributed by atoms with van der Waals surface area (Å²) in [5.41, 5.74) is 1.33. The summed E-state index contributed by atoms with van der Waals surface area (Å²) in [7, 11) is -1.33. The van der Waals surface area contributed by atoms with Gasteiger partial charge in [-0.05, 0) is 93.8 Å². The molecule has 2 heterocycles. The molecule has 2 aliphatic heterocycles. The van der Waals surface area contributed by atoms with E-state index >= 15 is 0 Å². The summed E-state index contributed by atoms with van der Waals surface area (Å²) in [5, 5.41) is 0. The van der Waals surface area contributed by atoms with Crippen LogP contribution in [0.2, 0.25) is 0 Å². The minimum absolute atomic E-state index is 0.508. The van der Waals surface area contributed by atoms with Gasteiger partial charge in [-0.15, -0.1) is 0 Å². The van der Waals surface area contributed by atoms with Crippen LogP contribution in [0, 0.1) is 11.8 Å². The van der Waals surface area contributed by atoms with Crippen LogP contribution in [0.25, 0.3) is 0 Å². The molecule has 1 aromatic carbocycles. The van der Waals surface area contributed by atoms with E-state index in [0.717, 1.165) is 57.0 Å². The summed E-state index contributed by atoms with van der Waals surface area (Å²) < 4.78 is 31.8. The molecule has 2 saturated heterocycles. The van der Waals surface area contributed by atoms with E-state index in [2.05, 4.69) is 33.0 Å². The van der Waals surface area contributed by atoms with Crippen LogP contribution in [0.15, 0.2) is 22.7 Å². The van der Waals surface area contributed by atoms with Crippen molar-refractivity contribution < 1.29 is 13.2 Å². The zero-order chi connectivity index (χ0) is 20.1. The van der Waals surface area contributed by atoms with Gasteiger partial charge in [0, 0.05) is 17.6 Å². The molecule has 1 aromatic rings. The number of hydrogen-bond donors (Lipinski definition) is 0. The highest BCUT2D eigenvalue weighted by molar-refractivity contribution is 9.10. The highest BCUT2D eigenvalue weighted by Crippen LogP contribution is 2.29. The minimum atomic E-state index is -3.04. The van der Waals surface area contributed by atoms with Crippen LogP contribution in [-0.2, 0) is 16.4 Å². The summed E-state index contributed by atoms with van der Waals surface area (Å²) in [6, 6.07) is 6.21. The zero-order valence-electron chi connectivity index (χ0n) is 17.1. The van der Waals surface area contributed by atoms with Gasteiger partial charge in [-0.25, -0.2) is 12.7 Å². The van der Waals surface area contributed by atoms with Gasteiger partial charge in [-0.2, -0.15) is 0 Å². The van der Waals surface area contributed by atoms with Crippen molar-refractivity contribution in [3.05, 3.63) is 28.2 Å². The van der Waals surface area contributed by atoms with Crippen molar-refractivity contribution in [1.82, 2.24) is 9.21 Å². The SMILES string of the molecule is COc1ccc(Br)c(CC2CCN(CCC3CCCN(S(C)(=O)=O)C3)CC2)c1. The lowest BCUT2D eigenvalue weighted by molar-refractivity contribution is 0.160. The number of piperidine rings is 2. The van der Waals surface area contributed by atoms with Crippen molar-refractivity contribution in [3.8, 4) is 5.75 Å². The lowest BCUT2D eigenvalue weighted by Gasteiger charge is -2.35. The molecule has 0 aliphatic carbocycles. The molecule has 2 fully saturated rings. The second kappa shape index (κ2) is 9.92. The van der Waals surface area contributed by atoms with Crippen LogP contribution in [0.1, 0.15) is 37.7 Å². The normalized spacial score (nSPS) is 23.0. The van der Waals surface area contributed by atoms with Crippen molar-refractivity contribution in [2.24, 2.45) is 11.8 Å². The number of rotatable bonds is 7. The summed E-state index contributed by atoms with van der Waals surface area (Å²) in [4.78, 5) is 2.57. The van der Waals surface area contributed by atoms with Crippen molar-refractivity contribution in [2.75, 3.05) is 46.1 Å². The predicted octanol–water partition coefficient (Wildman–Crippen LogP) is 3.77. The molecule has 0 radical (unpaired) electrons. The number of ether oxygens (including phenoxy) is 1. The average Bonchev–Trinajstić information content (AvgIpc) is 2.69. The highest BCUT2D eigenvalue weighted by Gasteiger charge is 2.27. The second-order valence-corrected chi connectivity index (χ2v) is 11.2. The molecule has 0 amide bonds. The highest BCUT2D eigenvalue weighted by atomic mass is 79.9. The first-order valence-corrected chi connectivity index (χ1v) is 13.0. The van der Waals surface area contributed by atoms with Crippen molar-refractivity contribution in [3.63, 3.8) is 0 Å². The van der Waals surface area contributed by atoms with E-state index in [9.17, 15) is 8.42 Å². The Morgan fingerprint density at radius 1 is 1.14 bits per heavy atom. The fourth-order valence-electron chi connectivity index (χ4n) is 4.49. The lowest BCUT2D eigenvalue weighted by atomic mass is 9.89. The van der Waals surface area contributed by atoms with Gasteiger partial charge in [-0.1, -0.05) is 15.9 Å². The molecule has 158 valence electrons. The van der Waals surface area contributed by atoms with Gasteiger partial charge in [0.15, 0.2) is 0 Å². The number of nitrogens with zero attached hydrogens (tertiary/aromatic N) is 2. The van der Waals surface area contributed by atoms with Crippen LogP contribution in [-0.4, -0.2) is 63.7 Å². The fourth-order valence-corrected chi connectivity index (χ4v) is 5.84. The van der Waals surface area contributed by atoms with Crippen molar-refractivity contribution in [2.45, 2.75) is 38.5 Å². The maximum atomic E-state index is 11.8. The Morgan fingerprint density at radius 2 is 1.89 bits per heavy atom. The molecule has 2 aliphatic rings. The smallest absolute Gasteiger partial charge is 0.211 e. The number of benzene rings is 1. The van der Waals surface area contributed by atoms with Gasteiger partial charge in [-0.3, -0.25) is 0 Å². The molecule has 0 saturated carbocycles. The van der Waals surface area contributed by atoms with Gasteiger partial charge in [0.05, 0.1) is 13.4 Å². The fraction of sp³-hybridized carbons (Fsp3) is 0.714. The molecule has 0 N–H and O–H groups in total. The molecule has 0 bridgehead atoms. The number of sulfonamides is 1. The van der Waals surface area contributed by atoms with Gasteiger partial charge in [0.2, 0.25) is 10.0 Å². The van der Waals surface area contributed by atoms with Gasteiger partial charge in [0.25, 0.3) is 0 Å². The van der Waals surface area contributed by atoms with E-state index in [1.807, 2.05) is 6.07 Å². The summed E-state index contributed by atoms with van der Waals surface area (Å²) >= 11 is 3.67. The van der Waals surface area contributed by atoms with E-state index in [1.165, 1.54) is 29.1 Å². The zero-order valence-corrected chi connectivity index (χ0v) is 19.5. The quantitative estimate of drug-likeness (QED) is 0.605. The van der Waals surface area contributed by atoms with E-state index in [1.54, 1.807) is 11.4 Å². The van der Waals surface area contributed by atoms with Gasteiger partial charge in [0.1, 0.15) is 5.75 Å². The summed E-state index contributed by atoms with van der Waals surface area (Å²) in [6.45, 7) is 4.79. The number of methoxy groups -OCH3 is 1. The van der Waals surface area contributed by atoms with Crippen LogP contribution in [0.5, 0.6) is 5.75 Å². The Morgan fingerprint density at radius 3 is 2.57 bits per heavy atom. The molecule has 5 nitrogen and oxygen atoms in total. The Bertz CT molecular complexity index is 748. The number of hydrogen-bond acceptors (Lipinski definition) is 4. The van der Waals surface area contributed by atoms with E-state index in [-0.39, 0.29) is 0 Å². The van der Waals surface area contributed by atoms with E-state index < -0.39 is 10.0 Å². The third-order valence-electron chi connectivity index (χ3n) is 6.27. The van der Waals surface area contributed by atoms with Crippen LogP contribution < -0.4 is 4.74 Å². The largest absolute Gasteiger partial charge is 0.497 e. The maximum Gasteiger partial charge on any atom is 0.211 e. The number of likely N-dealkylation sites (tertiary alicyclic amines) is 1. The van der Waals surface area contributed by atoms with Crippen molar-refractivity contribution >= 4 is 26.0 Å². The predicted molar refractivity (Wildman–Crippen MR) is 117 cm³/mol. The Hall–Kier alpha value is -0.630. The molecular weight excluding hydrogens is 440 g/mol. The molecular formula is C21H33BrN2O3S. The summed E-state index contributed by atoms with van der Waals surface area (Å²) in [6.07, 6.45) is 8.14. The monoisotopic (exact) mass is 472 g/mol. The minimum Gasteiger partial charge on any atom is -0.497 e. The number of halogens is 1. The molecule has 1 unspecified atom stereocenters. The molecule has 0 spiro atoms. The Balaban J connectivity index is 1.42. The average molecular weight is 473 g/mol. The van der Waals surface area contributed by atoms with Gasteiger partial charge < -0.3 is 9.64 Å². The van der Waals surface area contributed by atoms with Crippen LogP contribution in [0.4, 0.5) is 0 Å². The van der Waals surface area contributed by atoms with E-state index in [4.69, 9.17) is 4.74 Å². The first-order chi connectivity index (χ1) is 13.3. The van der Waals surface area contributed by atoms with Crippen LogP contribution in [0.3, 0.4) is 0 Å². The lowest BCUT2D eigenvalue weighted by Crippen LogP contribution is -2.41. The topological polar surface area (TPSA) is 49.9 Å². The summed E-state index contributed by atoms with van der Waals surface area (Å²) in [5.74, 6) is 2.15. The van der Waals surface area contributed by atoms with Crippen molar-refractivity contribution in [1.29, 1.82) is 0 Å². The first-order valence-electron chi connectivity index (χ1n) is 10.3. The molecule has 7 heteroatoms. The maximum absolute atomic E-state index is 11.8. The second-order valence-electron chi connectivity index (χ2n) is 8.36. The molecule has 3 rings (SSSR count). The first kappa shape index (κ1) is 22.1. The molecule has 0 aromatic heterocycles. The Kier molecular flexibility index (Phi) is 7.81. The van der Waals surface area contributed by atoms with Crippen LogP contribution >= 0.6 is 15.9 Å².